The Bertz CT molecular complexity index is 413. The molecule has 0 bridgehead atoms. The standard InChI is InChI=1S/C16H28N4O/c1-3-9-17-13-14-7-5-6-11-20(14)16-18-10-8-15(19-16)21-12-4-2/h8,10,14,17H,3-7,9,11-13H2,1-2H3. The monoisotopic (exact) mass is 292 g/mol. The zero-order valence-electron chi connectivity index (χ0n) is 13.3. The lowest BCUT2D eigenvalue weighted by molar-refractivity contribution is 0.304. The lowest BCUT2D eigenvalue weighted by Crippen LogP contribution is -2.46. The summed E-state index contributed by atoms with van der Waals surface area (Å²) in [6.45, 7) is 8.13. The second-order valence-electron chi connectivity index (χ2n) is 5.59. The topological polar surface area (TPSA) is 50.3 Å². The molecule has 2 rings (SSSR count). The van der Waals surface area contributed by atoms with Crippen LogP contribution in [0.1, 0.15) is 46.0 Å². The van der Waals surface area contributed by atoms with Crippen molar-refractivity contribution in [2.45, 2.75) is 52.0 Å². The summed E-state index contributed by atoms with van der Waals surface area (Å²) >= 11 is 0. The summed E-state index contributed by atoms with van der Waals surface area (Å²) in [7, 11) is 0. The molecular weight excluding hydrogens is 264 g/mol. The molecule has 5 heteroatoms. The Morgan fingerprint density at radius 3 is 3.05 bits per heavy atom. The Hall–Kier alpha value is -1.36. The van der Waals surface area contributed by atoms with Crippen molar-refractivity contribution in [3.8, 4) is 5.88 Å². The van der Waals surface area contributed by atoms with E-state index in [9.17, 15) is 0 Å². The molecule has 0 aliphatic carbocycles. The number of hydrogen-bond donors (Lipinski definition) is 1. The van der Waals surface area contributed by atoms with Crippen molar-refractivity contribution in [2.75, 3.05) is 31.1 Å². The number of rotatable bonds is 8. The zero-order valence-corrected chi connectivity index (χ0v) is 13.3. The molecule has 0 aromatic carbocycles. The van der Waals surface area contributed by atoms with Gasteiger partial charge in [0, 0.05) is 31.4 Å². The molecule has 2 heterocycles. The van der Waals surface area contributed by atoms with Gasteiger partial charge in [-0.2, -0.15) is 4.98 Å². The van der Waals surface area contributed by atoms with Crippen molar-refractivity contribution in [3.05, 3.63) is 12.3 Å². The minimum atomic E-state index is 0.492. The molecule has 1 unspecified atom stereocenters. The summed E-state index contributed by atoms with van der Waals surface area (Å²) in [6.07, 6.45) is 7.68. The molecule has 0 amide bonds. The van der Waals surface area contributed by atoms with Crippen molar-refractivity contribution in [2.24, 2.45) is 0 Å². The number of hydrogen-bond acceptors (Lipinski definition) is 5. The summed E-state index contributed by atoms with van der Waals surface area (Å²) in [6, 6.07) is 2.33. The van der Waals surface area contributed by atoms with Gasteiger partial charge in [0.15, 0.2) is 0 Å². The molecule has 1 atom stereocenters. The number of nitrogens with zero attached hydrogens (tertiary/aromatic N) is 3. The molecule has 1 saturated heterocycles. The van der Waals surface area contributed by atoms with Crippen LogP contribution in [0.15, 0.2) is 12.3 Å². The van der Waals surface area contributed by atoms with E-state index in [-0.39, 0.29) is 0 Å². The van der Waals surface area contributed by atoms with Gasteiger partial charge in [0.05, 0.1) is 6.61 Å². The second-order valence-corrected chi connectivity index (χ2v) is 5.59. The number of anilines is 1. The Kier molecular flexibility index (Phi) is 6.73. The number of ether oxygens (including phenoxy) is 1. The highest BCUT2D eigenvalue weighted by Crippen LogP contribution is 2.22. The third-order valence-electron chi connectivity index (χ3n) is 3.76. The lowest BCUT2D eigenvalue weighted by Gasteiger charge is -2.36. The van der Waals surface area contributed by atoms with Crippen LogP contribution in [-0.2, 0) is 0 Å². The van der Waals surface area contributed by atoms with Gasteiger partial charge < -0.3 is 15.0 Å². The van der Waals surface area contributed by atoms with Gasteiger partial charge in [-0.1, -0.05) is 13.8 Å². The van der Waals surface area contributed by atoms with E-state index in [0.717, 1.165) is 32.0 Å². The fourth-order valence-electron chi connectivity index (χ4n) is 2.68. The maximum atomic E-state index is 5.63. The Balaban J connectivity index is 2.02. The molecule has 1 aliphatic heterocycles. The minimum absolute atomic E-state index is 0.492. The van der Waals surface area contributed by atoms with Gasteiger partial charge in [-0.15, -0.1) is 0 Å². The van der Waals surface area contributed by atoms with Crippen LogP contribution >= 0.6 is 0 Å². The highest BCUT2D eigenvalue weighted by atomic mass is 16.5. The quantitative estimate of drug-likeness (QED) is 0.746. The first-order valence-corrected chi connectivity index (χ1v) is 8.28. The summed E-state index contributed by atoms with van der Waals surface area (Å²) in [4.78, 5) is 11.4. The van der Waals surface area contributed by atoms with Gasteiger partial charge in [0.1, 0.15) is 0 Å². The summed E-state index contributed by atoms with van der Waals surface area (Å²) < 4.78 is 5.63. The first kappa shape index (κ1) is 16.0. The summed E-state index contributed by atoms with van der Waals surface area (Å²) in [5, 5.41) is 3.52. The van der Waals surface area contributed by atoms with Crippen molar-refractivity contribution in [1.29, 1.82) is 0 Å². The van der Waals surface area contributed by atoms with Crippen molar-refractivity contribution in [3.63, 3.8) is 0 Å². The van der Waals surface area contributed by atoms with E-state index in [1.54, 1.807) is 6.20 Å². The lowest BCUT2D eigenvalue weighted by atomic mass is 10.0. The third kappa shape index (κ3) is 4.84. The normalized spacial score (nSPS) is 18.8. The van der Waals surface area contributed by atoms with Crippen molar-refractivity contribution in [1.82, 2.24) is 15.3 Å². The first-order valence-electron chi connectivity index (χ1n) is 8.28. The van der Waals surface area contributed by atoms with Gasteiger partial charge in [-0.25, -0.2) is 4.98 Å². The van der Waals surface area contributed by atoms with Crippen LogP contribution in [0, 0.1) is 0 Å². The predicted octanol–water partition coefficient (Wildman–Crippen LogP) is 2.62. The highest BCUT2D eigenvalue weighted by Gasteiger charge is 2.24. The molecule has 118 valence electrons. The smallest absolute Gasteiger partial charge is 0.228 e. The van der Waals surface area contributed by atoms with Gasteiger partial charge in [0.25, 0.3) is 0 Å². The molecule has 1 aromatic heterocycles. The third-order valence-corrected chi connectivity index (χ3v) is 3.76. The van der Waals surface area contributed by atoms with Crippen LogP contribution < -0.4 is 15.0 Å². The summed E-state index contributed by atoms with van der Waals surface area (Å²) in [5.74, 6) is 1.50. The Labute approximate surface area is 128 Å². The van der Waals surface area contributed by atoms with Gasteiger partial charge >= 0.3 is 0 Å². The first-order chi connectivity index (χ1) is 10.3. The molecular formula is C16H28N4O. The SMILES string of the molecule is CCCNCC1CCCCN1c1nccc(OCCC)n1. The van der Waals surface area contributed by atoms with Crippen molar-refractivity contribution < 1.29 is 4.74 Å². The molecule has 5 nitrogen and oxygen atoms in total. The van der Waals surface area contributed by atoms with Crippen LogP contribution in [0.25, 0.3) is 0 Å². The molecule has 0 spiro atoms. The zero-order chi connectivity index (χ0) is 14.9. The summed E-state index contributed by atoms with van der Waals surface area (Å²) in [5.41, 5.74) is 0. The second kappa shape index (κ2) is 8.82. The largest absolute Gasteiger partial charge is 0.478 e. The number of aromatic nitrogens is 2. The van der Waals surface area contributed by atoms with Gasteiger partial charge in [-0.3, -0.25) is 0 Å². The predicted molar refractivity (Wildman–Crippen MR) is 86.0 cm³/mol. The fraction of sp³-hybridized carbons (Fsp3) is 0.750. The van der Waals surface area contributed by atoms with Crippen LogP contribution in [0.2, 0.25) is 0 Å². The van der Waals surface area contributed by atoms with E-state index in [4.69, 9.17) is 4.74 Å². The van der Waals surface area contributed by atoms with Crippen LogP contribution in [0.5, 0.6) is 5.88 Å². The average molecular weight is 292 g/mol. The minimum Gasteiger partial charge on any atom is -0.478 e. The molecule has 1 N–H and O–H groups in total. The van der Waals surface area contributed by atoms with E-state index in [2.05, 4.69) is 34.0 Å². The molecule has 0 radical (unpaired) electrons. The van der Waals surface area contributed by atoms with E-state index < -0.39 is 0 Å². The maximum absolute atomic E-state index is 5.63. The molecule has 1 fully saturated rings. The molecule has 1 aromatic rings. The maximum Gasteiger partial charge on any atom is 0.228 e. The molecule has 21 heavy (non-hydrogen) atoms. The van der Waals surface area contributed by atoms with E-state index in [1.165, 1.54) is 25.7 Å². The number of piperidine rings is 1. The van der Waals surface area contributed by atoms with E-state index >= 15 is 0 Å². The van der Waals surface area contributed by atoms with Crippen LogP contribution in [0.3, 0.4) is 0 Å². The van der Waals surface area contributed by atoms with E-state index in [0.29, 0.717) is 18.5 Å². The Morgan fingerprint density at radius 1 is 1.33 bits per heavy atom. The van der Waals surface area contributed by atoms with E-state index in [1.807, 2.05) is 6.07 Å². The molecule has 0 saturated carbocycles. The van der Waals surface area contributed by atoms with Crippen molar-refractivity contribution >= 4 is 5.95 Å². The van der Waals surface area contributed by atoms with Crippen LogP contribution in [0.4, 0.5) is 5.95 Å². The average Bonchev–Trinajstić information content (AvgIpc) is 2.54. The number of nitrogens with one attached hydrogen (secondary N) is 1. The fourth-order valence-corrected chi connectivity index (χ4v) is 2.68. The van der Waals surface area contributed by atoms with Crippen LogP contribution in [-0.4, -0.2) is 42.3 Å². The highest BCUT2D eigenvalue weighted by molar-refractivity contribution is 5.34. The Morgan fingerprint density at radius 2 is 2.24 bits per heavy atom. The van der Waals surface area contributed by atoms with Gasteiger partial charge in [0.2, 0.25) is 11.8 Å². The molecule has 1 aliphatic rings. The van der Waals surface area contributed by atoms with Gasteiger partial charge in [-0.05, 0) is 38.6 Å².